The van der Waals surface area contributed by atoms with Crippen molar-refractivity contribution in [3.8, 4) is 17.7 Å². The van der Waals surface area contributed by atoms with Crippen molar-refractivity contribution in [1.82, 2.24) is 10.3 Å². The third kappa shape index (κ3) is 3.35. The first-order valence-corrected chi connectivity index (χ1v) is 9.74. The van der Waals surface area contributed by atoms with Gasteiger partial charge in [0.1, 0.15) is 12.4 Å². The number of aromatic amines is 1. The van der Waals surface area contributed by atoms with E-state index in [-0.39, 0.29) is 12.5 Å². The number of aliphatic hydroxyl groups excluding tert-OH is 1. The van der Waals surface area contributed by atoms with Gasteiger partial charge < -0.3 is 25.9 Å². The van der Waals surface area contributed by atoms with Gasteiger partial charge in [0.25, 0.3) is 5.91 Å². The number of ether oxygens (including phenoxy) is 1. The highest BCUT2D eigenvalue weighted by molar-refractivity contribution is 6.37. The van der Waals surface area contributed by atoms with Crippen molar-refractivity contribution < 1.29 is 19.4 Å². The molecule has 1 aromatic carbocycles. The van der Waals surface area contributed by atoms with Gasteiger partial charge in [-0.1, -0.05) is 12.0 Å². The number of nitrogens with one attached hydrogen (secondary N) is 2. The number of amides is 2. The van der Waals surface area contributed by atoms with Gasteiger partial charge in [-0.25, -0.2) is 4.90 Å². The van der Waals surface area contributed by atoms with Crippen LogP contribution >= 0.6 is 0 Å². The van der Waals surface area contributed by atoms with Crippen LogP contribution in [0.2, 0.25) is 0 Å². The number of rotatable bonds is 4. The molecule has 3 heterocycles. The second kappa shape index (κ2) is 8.05. The lowest BCUT2D eigenvalue weighted by atomic mass is 9.75. The van der Waals surface area contributed by atoms with Gasteiger partial charge in [0.2, 0.25) is 5.91 Å². The fourth-order valence-corrected chi connectivity index (χ4v) is 3.96. The first-order chi connectivity index (χ1) is 15.0. The molecule has 0 radical (unpaired) electrons. The molecule has 8 heteroatoms. The predicted molar refractivity (Wildman–Crippen MR) is 117 cm³/mol. The van der Waals surface area contributed by atoms with E-state index in [1.54, 1.807) is 49.9 Å². The predicted octanol–water partition coefficient (Wildman–Crippen LogP) is 1.09. The van der Waals surface area contributed by atoms with Gasteiger partial charge in [0.05, 0.1) is 29.5 Å². The quantitative estimate of drug-likeness (QED) is 0.438. The number of primary amides is 1. The molecule has 8 nitrogen and oxygen atoms in total. The highest BCUT2D eigenvalue weighted by Crippen LogP contribution is 2.42. The van der Waals surface area contributed by atoms with Gasteiger partial charge in [0.15, 0.2) is 0 Å². The molecule has 31 heavy (non-hydrogen) atoms. The maximum absolute atomic E-state index is 13.2. The Kier molecular flexibility index (Phi) is 5.28. The molecule has 0 aliphatic carbocycles. The van der Waals surface area contributed by atoms with Gasteiger partial charge >= 0.3 is 0 Å². The number of aliphatic hydroxyl groups is 1. The summed E-state index contributed by atoms with van der Waals surface area (Å²) in [4.78, 5) is 30.0. The van der Waals surface area contributed by atoms with Gasteiger partial charge in [-0.2, -0.15) is 0 Å². The third-order valence-electron chi connectivity index (χ3n) is 5.58. The average molecular weight is 418 g/mol. The van der Waals surface area contributed by atoms with Crippen LogP contribution in [0.25, 0.3) is 11.6 Å². The van der Waals surface area contributed by atoms with Crippen molar-refractivity contribution >= 4 is 29.2 Å². The fourth-order valence-electron chi connectivity index (χ4n) is 3.96. The van der Waals surface area contributed by atoms with Crippen LogP contribution in [0.15, 0.2) is 42.7 Å². The summed E-state index contributed by atoms with van der Waals surface area (Å²) in [5.41, 5.74) is 7.75. The van der Waals surface area contributed by atoms with Crippen LogP contribution < -0.4 is 20.7 Å². The van der Waals surface area contributed by atoms with Crippen molar-refractivity contribution in [1.29, 1.82) is 0 Å². The largest absolute Gasteiger partial charge is 0.495 e. The summed E-state index contributed by atoms with van der Waals surface area (Å²) >= 11 is 0. The maximum Gasteiger partial charge on any atom is 0.270 e. The SMILES string of the molecule is COc1cc[nH]c1C=C1C(=O)N(C#CCO)c2ccc(C3(C(N)=O)C=CNCC3)cc21. The minimum Gasteiger partial charge on any atom is -0.495 e. The minimum atomic E-state index is -0.969. The second-order valence-electron chi connectivity index (χ2n) is 7.21. The van der Waals surface area contributed by atoms with Crippen LogP contribution in [0.4, 0.5) is 5.69 Å². The summed E-state index contributed by atoms with van der Waals surface area (Å²) in [6.45, 7) is 0.231. The number of hydrogen-bond donors (Lipinski definition) is 4. The number of hydrogen-bond acceptors (Lipinski definition) is 5. The summed E-state index contributed by atoms with van der Waals surface area (Å²) < 4.78 is 5.34. The van der Waals surface area contributed by atoms with E-state index in [1.807, 2.05) is 6.07 Å². The van der Waals surface area contributed by atoms with Gasteiger partial charge in [-0.15, -0.1) is 0 Å². The summed E-state index contributed by atoms with van der Waals surface area (Å²) in [6, 6.07) is 9.81. The molecule has 2 aromatic rings. The minimum absolute atomic E-state index is 0.335. The highest BCUT2D eigenvalue weighted by atomic mass is 16.5. The number of H-pyrrole nitrogens is 1. The second-order valence-corrected chi connectivity index (χ2v) is 7.21. The molecule has 158 valence electrons. The molecule has 1 aromatic heterocycles. The summed E-state index contributed by atoms with van der Waals surface area (Å²) in [7, 11) is 1.55. The standard InChI is InChI=1S/C23H22N4O4/c1-31-20-5-8-26-18(20)14-17-16-13-15(23(22(24)30)6-9-25-10-7-23)3-4-19(16)27(21(17)29)11-2-12-28/h3-6,8-9,13-14,25-26,28H,7,10,12H2,1H3,(H2,24,30). The molecule has 2 aliphatic rings. The zero-order valence-electron chi connectivity index (χ0n) is 16.9. The van der Waals surface area contributed by atoms with Crippen LogP contribution in [-0.2, 0) is 15.0 Å². The summed E-state index contributed by atoms with van der Waals surface area (Å²) in [6.07, 6.45) is 7.40. The van der Waals surface area contributed by atoms with Crippen molar-refractivity contribution in [2.24, 2.45) is 5.73 Å². The van der Waals surface area contributed by atoms with E-state index in [9.17, 15) is 9.59 Å². The summed E-state index contributed by atoms with van der Waals surface area (Å²) in [5.74, 6) is 2.33. The smallest absolute Gasteiger partial charge is 0.270 e. The van der Waals surface area contributed by atoms with Crippen molar-refractivity contribution in [3.63, 3.8) is 0 Å². The molecule has 0 fully saturated rings. The van der Waals surface area contributed by atoms with Crippen molar-refractivity contribution in [3.05, 3.63) is 59.6 Å². The van der Waals surface area contributed by atoms with Crippen LogP contribution in [-0.4, -0.2) is 42.2 Å². The van der Waals surface area contributed by atoms with E-state index in [1.165, 1.54) is 4.90 Å². The van der Waals surface area contributed by atoms with Gasteiger partial charge in [-0.05, 0) is 48.5 Å². The zero-order valence-corrected chi connectivity index (χ0v) is 16.9. The highest BCUT2D eigenvalue weighted by Gasteiger charge is 2.40. The van der Waals surface area contributed by atoms with Crippen LogP contribution in [0.1, 0.15) is 23.2 Å². The molecular formula is C23H22N4O4. The van der Waals surface area contributed by atoms with Crippen LogP contribution in [0.5, 0.6) is 5.75 Å². The van der Waals surface area contributed by atoms with Crippen molar-refractivity contribution in [2.75, 3.05) is 25.2 Å². The zero-order chi connectivity index (χ0) is 22.0. The molecule has 0 saturated carbocycles. The number of anilines is 1. The topological polar surface area (TPSA) is 121 Å². The lowest BCUT2D eigenvalue weighted by Crippen LogP contribution is -2.44. The van der Waals surface area contributed by atoms with E-state index in [0.717, 1.165) is 0 Å². The number of methoxy groups -OCH3 is 1. The van der Waals surface area contributed by atoms with E-state index < -0.39 is 11.3 Å². The molecule has 1 atom stereocenters. The van der Waals surface area contributed by atoms with E-state index in [4.69, 9.17) is 15.6 Å². The third-order valence-corrected chi connectivity index (χ3v) is 5.58. The number of nitrogens with two attached hydrogens (primary N) is 1. The molecule has 0 spiro atoms. The molecule has 2 aliphatic heterocycles. The molecule has 1 unspecified atom stereocenters. The van der Waals surface area contributed by atoms with E-state index in [2.05, 4.69) is 22.3 Å². The molecular weight excluding hydrogens is 396 g/mol. The van der Waals surface area contributed by atoms with Gasteiger partial charge in [-0.3, -0.25) is 9.59 Å². The summed E-state index contributed by atoms with van der Waals surface area (Å²) in [5, 5.41) is 12.2. The maximum atomic E-state index is 13.2. The molecule has 0 bridgehead atoms. The Morgan fingerprint density at radius 1 is 1.42 bits per heavy atom. The number of nitrogens with zero attached hydrogens (tertiary/aromatic N) is 1. The normalized spacial score (nSPS) is 20.8. The monoisotopic (exact) mass is 418 g/mol. The number of carbonyl (C=O) groups is 2. The molecule has 2 amide bonds. The van der Waals surface area contributed by atoms with Crippen LogP contribution in [0, 0.1) is 12.0 Å². The van der Waals surface area contributed by atoms with E-state index >= 15 is 0 Å². The number of fused-ring (bicyclic) bond motifs is 1. The lowest BCUT2D eigenvalue weighted by molar-refractivity contribution is -0.122. The molecule has 5 N–H and O–H groups in total. The first-order valence-electron chi connectivity index (χ1n) is 9.74. The number of carbonyl (C=O) groups excluding carboxylic acids is 2. The first kappa shape index (κ1) is 20.3. The number of benzene rings is 1. The van der Waals surface area contributed by atoms with Crippen LogP contribution in [0.3, 0.4) is 0 Å². The molecule has 0 saturated heterocycles. The van der Waals surface area contributed by atoms with Crippen molar-refractivity contribution in [2.45, 2.75) is 11.8 Å². The number of aromatic nitrogens is 1. The van der Waals surface area contributed by atoms with Gasteiger partial charge in [0, 0.05) is 24.3 Å². The Labute approximate surface area is 179 Å². The fraction of sp³-hybridized carbons (Fsp3) is 0.217. The Bertz CT molecular complexity index is 1170. The average Bonchev–Trinajstić information content (AvgIpc) is 3.35. The Morgan fingerprint density at radius 2 is 2.26 bits per heavy atom. The van der Waals surface area contributed by atoms with E-state index in [0.29, 0.717) is 46.8 Å². The Hall–Kier alpha value is -3.96. The molecule has 4 rings (SSSR count). The lowest BCUT2D eigenvalue weighted by Gasteiger charge is -2.31. The Morgan fingerprint density at radius 3 is 2.94 bits per heavy atom. The Balaban J connectivity index is 1.90.